The summed E-state index contributed by atoms with van der Waals surface area (Å²) in [6.45, 7) is 10.0. The molecule has 0 atom stereocenters. The van der Waals surface area contributed by atoms with Gasteiger partial charge in [-0.2, -0.15) is 0 Å². The maximum Gasteiger partial charge on any atom is 0.153 e. The van der Waals surface area contributed by atoms with E-state index in [1.54, 1.807) is 0 Å². The highest BCUT2D eigenvalue weighted by molar-refractivity contribution is 5.93. The van der Waals surface area contributed by atoms with Crippen molar-refractivity contribution in [2.75, 3.05) is 18.0 Å². The highest BCUT2D eigenvalue weighted by Crippen LogP contribution is 2.34. The molecule has 1 fully saturated rings. The van der Waals surface area contributed by atoms with Crippen LogP contribution >= 0.6 is 0 Å². The van der Waals surface area contributed by atoms with E-state index >= 15 is 0 Å². The van der Waals surface area contributed by atoms with Crippen molar-refractivity contribution in [2.24, 2.45) is 5.92 Å². The molecule has 0 radical (unpaired) electrons. The molecule has 142 valence electrons. The lowest BCUT2D eigenvalue weighted by Gasteiger charge is -2.33. The number of anilines is 1. The van der Waals surface area contributed by atoms with Crippen LogP contribution in [0.5, 0.6) is 0 Å². The van der Waals surface area contributed by atoms with Gasteiger partial charge >= 0.3 is 0 Å². The predicted octanol–water partition coefficient (Wildman–Crippen LogP) is 5.52. The van der Waals surface area contributed by atoms with E-state index in [-0.39, 0.29) is 0 Å². The second-order valence-corrected chi connectivity index (χ2v) is 8.01. The van der Waals surface area contributed by atoms with Crippen molar-refractivity contribution in [3.63, 3.8) is 0 Å². The molecule has 3 nitrogen and oxygen atoms in total. The first kappa shape index (κ1) is 18.1. The molecule has 0 saturated carbocycles. The van der Waals surface area contributed by atoms with E-state index in [4.69, 9.17) is 4.98 Å². The van der Waals surface area contributed by atoms with Crippen LogP contribution < -0.4 is 4.90 Å². The van der Waals surface area contributed by atoms with Crippen LogP contribution in [0.3, 0.4) is 0 Å². The van der Waals surface area contributed by atoms with E-state index in [1.807, 2.05) is 6.20 Å². The molecular weight excluding hydrogens is 330 g/mol. The third kappa shape index (κ3) is 3.47. The fourth-order valence-corrected chi connectivity index (χ4v) is 4.61. The zero-order chi connectivity index (χ0) is 18.8. The number of nitrogens with zero attached hydrogens (tertiary/aromatic N) is 3. The standard InChI is InChI=1S/C24H31N3/c1-4-14-27-19(3)18(2)22-10-13-25-24(23(22)27)26-15-11-21(12-16-26)17-20-8-6-5-7-9-20/h5-10,13,21H,4,11-12,14-17H2,1-3H3. The molecule has 0 aliphatic carbocycles. The Bertz CT molecular complexity index is 902. The van der Waals surface area contributed by atoms with E-state index in [1.165, 1.54) is 52.8 Å². The van der Waals surface area contributed by atoms with Gasteiger partial charge in [0.05, 0.1) is 5.52 Å². The van der Waals surface area contributed by atoms with Gasteiger partial charge in [0.15, 0.2) is 5.82 Å². The van der Waals surface area contributed by atoms with Gasteiger partial charge in [0.25, 0.3) is 0 Å². The molecule has 0 unspecified atom stereocenters. The Morgan fingerprint density at radius 2 is 1.78 bits per heavy atom. The van der Waals surface area contributed by atoms with Crippen molar-refractivity contribution < 1.29 is 0 Å². The molecule has 1 saturated heterocycles. The molecule has 0 bridgehead atoms. The number of aryl methyl sites for hydroxylation is 2. The first-order valence-corrected chi connectivity index (χ1v) is 10.4. The van der Waals surface area contributed by atoms with Crippen LogP contribution in [0, 0.1) is 19.8 Å². The van der Waals surface area contributed by atoms with Crippen LogP contribution in [-0.4, -0.2) is 22.6 Å². The lowest BCUT2D eigenvalue weighted by Crippen LogP contribution is -2.35. The topological polar surface area (TPSA) is 21.1 Å². The second-order valence-electron chi connectivity index (χ2n) is 8.01. The third-order valence-corrected chi connectivity index (χ3v) is 6.25. The van der Waals surface area contributed by atoms with Crippen LogP contribution in [0.25, 0.3) is 10.9 Å². The third-order valence-electron chi connectivity index (χ3n) is 6.25. The van der Waals surface area contributed by atoms with E-state index in [9.17, 15) is 0 Å². The van der Waals surface area contributed by atoms with E-state index in [0.29, 0.717) is 0 Å². The molecule has 3 aromatic rings. The predicted molar refractivity (Wildman–Crippen MR) is 115 cm³/mol. The van der Waals surface area contributed by atoms with Gasteiger partial charge in [-0.3, -0.25) is 0 Å². The van der Waals surface area contributed by atoms with Gasteiger partial charge in [0, 0.05) is 36.9 Å². The van der Waals surface area contributed by atoms with Crippen molar-refractivity contribution >= 4 is 16.7 Å². The van der Waals surface area contributed by atoms with Gasteiger partial charge in [-0.1, -0.05) is 37.3 Å². The van der Waals surface area contributed by atoms with Gasteiger partial charge in [-0.25, -0.2) is 4.98 Å². The average molecular weight is 362 g/mol. The van der Waals surface area contributed by atoms with Crippen LogP contribution in [0.2, 0.25) is 0 Å². The molecule has 0 N–H and O–H groups in total. The molecular formula is C24H31N3. The molecule has 4 rings (SSSR count). The normalized spacial score (nSPS) is 15.6. The Morgan fingerprint density at radius 3 is 2.48 bits per heavy atom. The van der Waals surface area contributed by atoms with Gasteiger partial charge in [0.2, 0.25) is 0 Å². The van der Waals surface area contributed by atoms with Crippen molar-refractivity contribution in [1.82, 2.24) is 9.55 Å². The summed E-state index contributed by atoms with van der Waals surface area (Å²) >= 11 is 0. The smallest absolute Gasteiger partial charge is 0.153 e. The molecule has 27 heavy (non-hydrogen) atoms. The van der Waals surface area contributed by atoms with Crippen molar-refractivity contribution in [3.05, 3.63) is 59.4 Å². The lowest BCUT2D eigenvalue weighted by molar-refractivity contribution is 0.402. The quantitative estimate of drug-likeness (QED) is 0.596. The minimum absolute atomic E-state index is 0.786. The van der Waals surface area contributed by atoms with E-state index < -0.39 is 0 Å². The molecule has 3 heteroatoms. The Balaban J connectivity index is 1.56. The maximum absolute atomic E-state index is 4.84. The van der Waals surface area contributed by atoms with Gasteiger partial charge in [0.1, 0.15) is 0 Å². The number of pyridine rings is 1. The summed E-state index contributed by atoms with van der Waals surface area (Å²) in [5.41, 5.74) is 5.61. The van der Waals surface area contributed by atoms with Crippen LogP contribution in [0.1, 0.15) is 43.0 Å². The Labute approximate surface area is 163 Å². The summed E-state index contributed by atoms with van der Waals surface area (Å²) in [7, 11) is 0. The van der Waals surface area contributed by atoms with Crippen molar-refractivity contribution in [1.29, 1.82) is 0 Å². The number of hydrogen-bond donors (Lipinski definition) is 0. The molecule has 1 aromatic carbocycles. The minimum atomic E-state index is 0.786. The van der Waals surface area contributed by atoms with E-state index in [0.717, 1.165) is 32.0 Å². The number of hydrogen-bond acceptors (Lipinski definition) is 2. The summed E-state index contributed by atoms with van der Waals surface area (Å²) in [6.07, 6.45) is 6.85. The summed E-state index contributed by atoms with van der Waals surface area (Å²) in [6, 6.07) is 13.1. The first-order valence-electron chi connectivity index (χ1n) is 10.4. The van der Waals surface area contributed by atoms with Crippen LogP contribution in [-0.2, 0) is 13.0 Å². The summed E-state index contributed by atoms with van der Waals surface area (Å²) in [5.74, 6) is 1.98. The summed E-state index contributed by atoms with van der Waals surface area (Å²) in [4.78, 5) is 7.36. The number of piperidine rings is 1. The lowest BCUT2D eigenvalue weighted by atomic mass is 9.90. The van der Waals surface area contributed by atoms with Crippen molar-refractivity contribution in [2.45, 2.75) is 53.0 Å². The van der Waals surface area contributed by atoms with Gasteiger partial charge < -0.3 is 9.47 Å². The molecule has 2 aromatic heterocycles. The fraction of sp³-hybridized carbons (Fsp3) is 0.458. The Kier molecular flexibility index (Phi) is 5.20. The zero-order valence-corrected chi connectivity index (χ0v) is 16.9. The van der Waals surface area contributed by atoms with Crippen LogP contribution in [0.15, 0.2) is 42.6 Å². The molecule has 1 aliphatic heterocycles. The van der Waals surface area contributed by atoms with Crippen LogP contribution in [0.4, 0.5) is 5.82 Å². The van der Waals surface area contributed by atoms with Gasteiger partial charge in [-0.15, -0.1) is 0 Å². The summed E-state index contributed by atoms with van der Waals surface area (Å²) in [5, 5.41) is 1.37. The highest BCUT2D eigenvalue weighted by atomic mass is 15.2. The Hall–Kier alpha value is -2.29. The molecule has 3 heterocycles. The first-order chi connectivity index (χ1) is 13.2. The zero-order valence-electron chi connectivity index (χ0n) is 16.9. The average Bonchev–Trinajstić information content (AvgIpc) is 2.95. The molecule has 1 aliphatic rings. The van der Waals surface area contributed by atoms with E-state index in [2.05, 4.69) is 66.6 Å². The minimum Gasteiger partial charge on any atom is -0.355 e. The number of fused-ring (bicyclic) bond motifs is 1. The number of rotatable bonds is 5. The molecule has 0 spiro atoms. The largest absolute Gasteiger partial charge is 0.355 e. The second kappa shape index (κ2) is 7.75. The molecule has 0 amide bonds. The SMILES string of the molecule is CCCn1c(C)c(C)c2ccnc(N3CCC(Cc4ccccc4)CC3)c21. The number of aromatic nitrogens is 2. The Morgan fingerprint density at radius 1 is 1.04 bits per heavy atom. The fourth-order valence-electron chi connectivity index (χ4n) is 4.61. The number of benzene rings is 1. The highest BCUT2D eigenvalue weighted by Gasteiger charge is 2.24. The van der Waals surface area contributed by atoms with Gasteiger partial charge in [-0.05, 0) is 62.6 Å². The maximum atomic E-state index is 4.84. The summed E-state index contributed by atoms with van der Waals surface area (Å²) < 4.78 is 2.49. The van der Waals surface area contributed by atoms with Crippen molar-refractivity contribution in [3.8, 4) is 0 Å². The monoisotopic (exact) mass is 361 g/mol.